The van der Waals surface area contributed by atoms with Crippen molar-refractivity contribution in [3.8, 4) is 0 Å². The van der Waals surface area contributed by atoms with Crippen LogP contribution in [0.1, 0.15) is 59.3 Å². The summed E-state index contributed by atoms with van der Waals surface area (Å²) in [6.07, 6.45) is 5.33. The van der Waals surface area contributed by atoms with Gasteiger partial charge in [0, 0.05) is 12.1 Å². The van der Waals surface area contributed by atoms with Crippen LogP contribution in [0.15, 0.2) is 0 Å². The highest BCUT2D eigenvalue weighted by Crippen LogP contribution is 2.39. The minimum absolute atomic E-state index is 0.211. The molecular weight excluding hydrogens is 256 g/mol. The first-order chi connectivity index (χ1) is 9.23. The van der Waals surface area contributed by atoms with Gasteiger partial charge in [0.2, 0.25) is 0 Å². The van der Waals surface area contributed by atoms with Crippen LogP contribution in [0, 0.1) is 10.8 Å². The maximum absolute atomic E-state index is 12.1. The zero-order valence-electron chi connectivity index (χ0n) is 12.7. The molecule has 0 aromatic carbocycles. The Bertz CT molecular complexity index is 408. The molecular formula is C15H26N2O3. The third-order valence-corrected chi connectivity index (χ3v) is 5.06. The summed E-state index contributed by atoms with van der Waals surface area (Å²) in [6.45, 7) is 6.15. The maximum atomic E-state index is 12.1. The average Bonchev–Trinajstić information content (AvgIpc) is 2.84. The number of carboxylic acids is 1. The molecule has 5 nitrogen and oxygen atoms in total. The summed E-state index contributed by atoms with van der Waals surface area (Å²) < 4.78 is 0. The second kappa shape index (κ2) is 5.26. The lowest BCUT2D eigenvalue weighted by atomic mass is 9.85. The Labute approximate surface area is 120 Å². The number of nitrogens with one attached hydrogen (secondary N) is 2. The zero-order chi connectivity index (χ0) is 15.0. The third kappa shape index (κ3) is 3.07. The Balaban J connectivity index is 1.87. The molecule has 0 heterocycles. The summed E-state index contributed by atoms with van der Waals surface area (Å²) in [6, 6.07) is -0.274. The van der Waals surface area contributed by atoms with E-state index in [2.05, 4.69) is 24.5 Å². The quantitative estimate of drug-likeness (QED) is 0.744. The van der Waals surface area contributed by atoms with E-state index in [4.69, 9.17) is 0 Å². The van der Waals surface area contributed by atoms with Crippen LogP contribution >= 0.6 is 0 Å². The molecule has 2 aliphatic rings. The number of amides is 2. The van der Waals surface area contributed by atoms with E-state index in [1.54, 1.807) is 6.92 Å². The minimum Gasteiger partial charge on any atom is -0.481 e. The molecule has 0 radical (unpaired) electrons. The first-order valence-corrected chi connectivity index (χ1v) is 7.53. The molecule has 3 atom stereocenters. The van der Waals surface area contributed by atoms with Crippen LogP contribution in [0.3, 0.4) is 0 Å². The molecule has 0 bridgehead atoms. The molecule has 0 aromatic rings. The van der Waals surface area contributed by atoms with E-state index in [9.17, 15) is 14.7 Å². The lowest BCUT2D eigenvalue weighted by Gasteiger charge is -2.28. The molecule has 0 saturated heterocycles. The van der Waals surface area contributed by atoms with Crippen molar-refractivity contribution in [1.82, 2.24) is 10.6 Å². The summed E-state index contributed by atoms with van der Waals surface area (Å²) in [5.41, 5.74) is -0.535. The van der Waals surface area contributed by atoms with Crippen molar-refractivity contribution in [1.29, 1.82) is 0 Å². The van der Waals surface area contributed by atoms with Crippen molar-refractivity contribution in [2.45, 2.75) is 71.4 Å². The van der Waals surface area contributed by atoms with Crippen LogP contribution in [0.5, 0.6) is 0 Å². The number of hydrogen-bond donors (Lipinski definition) is 3. The first-order valence-electron chi connectivity index (χ1n) is 7.53. The van der Waals surface area contributed by atoms with Crippen LogP contribution < -0.4 is 10.6 Å². The van der Waals surface area contributed by atoms with E-state index in [-0.39, 0.29) is 18.1 Å². The highest BCUT2D eigenvalue weighted by Gasteiger charge is 2.46. The summed E-state index contributed by atoms with van der Waals surface area (Å²) >= 11 is 0. The van der Waals surface area contributed by atoms with Crippen LogP contribution in [0.25, 0.3) is 0 Å². The Morgan fingerprint density at radius 2 is 1.80 bits per heavy atom. The smallest absolute Gasteiger partial charge is 0.315 e. The predicted molar refractivity (Wildman–Crippen MR) is 76.5 cm³/mol. The summed E-state index contributed by atoms with van der Waals surface area (Å²) in [5, 5.41) is 15.2. The second-order valence-corrected chi connectivity index (χ2v) is 7.39. The van der Waals surface area contributed by atoms with Gasteiger partial charge in [-0.25, -0.2) is 4.79 Å². The first kappa shape index (κ1) is 15.1. The van der Waals surface area contributed by atoms with E-state index in [1.165, 1.54) is 0 Å². The summed E-state index contributed by atoms with van der Waals surface area (Å²) in [4.78, 5) is 23.4. The maximum Gasteiger partial charge on any atom is 0.315 e. The van der Waals surface area contributed by atoms with Gasteiger partial charge in [0.15, 0.2) is 0 Å². The highest BCUT2D eigenvalue weighted by molar-refractivity contribution is 5.79. The molecule has 2 fully saturated rings. The van der Waals surface area contributed by atoms with Crippen molar-refractivity contribution in [3.05, 3.63) is 0 Å². The van der Waals surface area contributed by atoms with Gasteiger partial charge in [-0.3, -0.25) is 4.79 Å². The molecule has 0 aromatic heterocycles. The van der Waals surface area contributed by atoms with Crippen LogP contribution in [0.2, 0.25) is 0 Å². The molecule has 2 saturated carbocycles. The lowest BCUT2D eigenvalue weighted by Crippen LogP contribution is -2.51. The lowest BCUT2D eigenvalue weighted by molar-refractivity contribution is -0.148. The molecule has 0 aliphatic heterocycles. The van der Waals surface area contributed by atoms with Gasteiger partial charge in [0.1, 0.15) is 0 Å². The third-order valence-electron chi connectivity index (χ3n) is 5.06. The number of urea groups is 1. The summed E-state index contributed by atoms with van der Waals surface area (Å²) in [5.74, 6) is -0.817. The number of hydrogen-bond acceptors (Lipinski definition) is 2. The molecule has 20 heavy (non-hydrogen) atoms. The van der Waals surface area contributed by atoms with Crippen LogP contribution in [0.4, 0.5) is 4.79 Å². The fraction of sp³-hybridized carbons (Fsp3) is 0.867. The molecule has 2 rings (SSSR count). The number of carbonyl (C=O) groups excluding carboxylic acids is 1. The van der Waals surface area contributed by atoms with Gasteiger partial charge in [-0.2, -0.15) is 0 Å². The molecule has 114 valence electrons. The van der Waals surface area contributed by atoms with Gasteiger partial charge in [0.25, 0.3) is 0 Å². The topological polar surface area (TPSA) is 78.4 Å². The fourth-order valence-corrected chi connectivity index (χ4v) is 3.60. The molecule has 2 aliphatic carbocycles. The summed E-state index contributed by atoms with van der Waals surface area (Å²) in [7, 11) is 0. The molecule has 2 amide bonds. The van der Waals surface area contributed by atoms with Gasteiger partial charge in [0.05, 0.1) is 5.41 Å². The van der Waals surface area contributed by atoms with Gasteiger partial charge >= 0.3 is 12.0 Å². The van der Waals surface area contributed by atoms with E-state index in [1.807, 2.05) is 0 Å². The number of aliphatic carboxylic acids is 1. The van der Waals surface area contributed by atoms with E-state index in [0.29, 0.717) is 11.8 Å². The van der Waals surface area contributed by atoms with Crippen molar-refractivity contribution in [2.75, 3.05) is 0 Å². The fourth-order valence-electron chi connectivity index (χ4n) is 3.60. The Morgan fingerprint density at radius 3 is 2.35 bits per heavy atom. The van der Waals surface area contributed by atoms with E-state index < -0.39 is 11.4 Å². The molecule has 5 heteroatoms. The molecule has 3 N–H and O–H groups in total. The second-order valence-electron chi connectivity index (χ2n) is 7.39. The Morgan fingerprint density at radius 1 is 1.10 bits per heavy atom. The van der Waals surface area contributed by atoms with Crippen molar-refractivity contribution >= 4 is 12.0 Å². The van der Waals surface area contributed by atoms with Crippen molar-refractivity contribution in [3.63, 3.8) is 0 Å². The molecule has 3 unspecified atom stereocenters. The van der Waals surface area contributed by atoms with Gasteiger partial charge < -0.3 is 15.7 Å². The Kier molecular flexibility index (Phi) is 3.98. The van der Waals surface area contributed by atoms with Gasteiger partial charge in [-0.1, -0.05) is 20.3 Å². The normalized spacial score (nSPS) is 35.8. The van der Waals surface area contributed by atoms with Gasteiger partial charge in [-0.15, -0.1) is 0 Å². The SMILES string of the molecule is CC1(C)CCC(NC(=O)NC2CCCC2(C)C(=O)O)C1. The van der Waals surface area contributed by atoms with Crippen molar-refractivity contribution in [2.24, 2.45) is 10.8 Å². The standard InChI is InChI=1S/C15H26N2O3/c1-14(2)8-6-10(9-14)16-13(20)17-11-5-4-7-15(11,3)12(18)19/h10-11H,4-9H2,1-3H3,(H,18,19)(H2,16,17,20). The van der Waals surface area contributed by atoms with E-state index in [0.717, 1.165) is 32.1 Å². The van der Waals surface area contributed by atoms with E-state index >= 15 is 0 Å². The van der Waals surface area contributed by atoms with Crippen LogP contribution in [-0.4, -0.2) is 29.2 Å². The van der Waals surface area contributed by atoms with Gasteiger partial charge in [-0.05, 0) is 44.4 Å². The minimum atomic E-state index is -0.827. The number of carbonyl (C=O) groups is 2. The Hall–Kier alpha value is -1.26. The predicted octanol–water partition coefficient (Wildman–Crippen LogP) is 2.51. The van der Waals surface area contributed by atoms with Crippen LogP contribution in [-0.2, 0) is 4.79 Å². The number of rotatable bonds is 3. The monoisotopic (exact) mass is 282 g/mol. The van der Waals surface area contributed by atoms with Crippen molar-refractivity contribution < 1.29 is 14.7 Å². The highest BCUT2D eigenvalue weighted by atomic mass is 16.4. The number of carboxylic acid groups (broad SMARTS) is 1. The largest absolute Gasteiger partial charge is 0.481 e. The molecule has 0 spiro atoms. The zero-order valence-corrected chi connectivity index (χ0v) is 12.7. The average molecular weight is 282 g/mol.